The summed E-state index contributed by atoms with van der Waals surface area (Å²) in [6.07, 6.45) is 4.58. The van der Waals surface area contributed by atoms with E-state index in [2.05, 4.69) is 20.3 Å². The molecule has 37 heavy (non-hydrogen) atoms. The number of carbonyl (C=O) groups is 3. The zero-order chi connectivity index (χ0) is 26.7. The van der Waals surface area contributed by atoms with Crippen molar-refractivity contribution < 1.29 is 27.5 Å². The van der Waals surface area contributed by atoms with E-state index in [1.165, 1.54) is 47.0 Å². The third-order valence-corrected chi connectivity index (χ3v) is 10.0. The van der Waals surface area contributed by atoms with E-state index in [1.807, 2.05) is 7.05 Å². The van der Waals surface area contributed by atoms with E-state index in [-0.39, 0.29) is 22.1 Å². The number of hydrogen-bond acceptors (Lipinski definition) is 8. The zero-order valence-electron chi connectivity index (χ0n) is 21.2. The molecule has 2 heterocycles. The quantitative estimate of drug-likeness (QED) is 0.567. The first-order chi connectivity index (χ1) is 17.6. The molecule has 4 rings (SSSR count). The number of thiophene rings is 1. The van der Waals surface area contributed by atoms with E-state index >= 15 is 0 Å². The van der Waals surface area contributed by atoms with Crippen LogP contribution < -0.4 is 10.6 Å². The second-order valence-electron chi connectivity index (χ2n) is 9.43. The van der Waals surface area contributed by atoms with Crippen molar-refractivity contribution in [2.45, 2.75) is 56.0 Å². The van der Waals surface area contributed by atoms with Crippen LogP contribution in [0.1, 0.15) is 63.3 Å². The number of fused-ring (bicyclic) bond motifs is 1. The highest BCUT2D eigenvalue weighted by atomic mass is 32.2. The highest BCUT2D eigenvalue weighted by Gasteiger charge is 2.31. The SMILES string of the molecule is COC(=O)NC(=O)c1c(NC(=O)c2ccc(S(=O)(=O)N(C)C3CCCCC3)cc2)sc2c1CCN(C)C2. The maximum atomic E-state index is 13.1. The molecule has 10 nitrogen and oxygen atoms in total. The lowest BCUT2D eigenvalue weighted by molar-refractivity contribution is 0.0936. The van der Waals surface area contributed by atoms with E-state index in [4.69, 9.17) is 0 Å². The standard InChI is InChI=1S/C25H32N4O6S2/c1-28-14-13-19-20(15-28)36-24(21(19)23(31)27-25(32)35-3)26-22(30)16-9-11-18(12-10-16)37(33,34)29(2)17-7-5-4-6-8-17/h9-12,17H,4-8,13-15H2,1-3H3,(H,26,30)(H,27,31,32). The van der Waals surface area contributed by atoms with Gasteiger partial charge in [-0.1, -0.05) is 19.3 Å². The Hall–Kier alpha value is -2.80. The molecule has 0 spiro atoms. The molecule has 1 aromatic heterocycles. The van der Waals surface area contributed by atoms with Crippen molar-refractivity contribution >= 4 is 44.3 Å². The van der Waals surface area contributed by atoms with E-state index in [0.717, 1.165) is 49.1 Å². The molecule has 1 fully saturated rings. The molecule has 200 valence electrons. The van der Waals surface area contributed by atoms with Gasteiger partial charge in [0, 0.05) is 36.6 Å². The Kier molecular flexibility index (Phi) is 8.32. The summed E-state index contributed by atoms with van der Waals surface area (Å²) in [5.74, 6) is -1.12. The molecule has 1 aromatic carbocycles. The molecular formula is C25H32N4O6S2. The smallest absolute Gasteiger partial charge is 0.413 e. The van der Waals surface area contributed by atoms with E-state index in [0.29, 0.717) is 18.0 Å². The van der Waals surface area contributed by atoms with Crippen LogP contribution in [0.25, 0.3) is 0 Å². The van der Waals surface area contributed by atoms with Crippen LogP contribution in [-0.2, 0) is 27.7 Å². The summed E-state index contributed by atoms with van der Waals surface area (Å²) < 4.78 is 32.2. The first kappa shape index (κ1) is 27.2. The van der Waals surface area contributed by atoms with Crippen LogP contribution in [0.2, 0.25) is 0 Å². The maximum absolute atomic E-state index is 13.1. The highest BCUT2D eigenvalue weighted by Crippen LogP contribution is 2.37. The number of anilines is 1. The second kappa shape index (κ2) is 11.3. The predicted octanol–water partition coefficient (Wildman–Crippen LogP) is 3.44. The van der Waals surface area contributed by atoms with Crippen LogP contribution in [0.4, 0.5) is 9.80 Å². The van der Waals surface area contributed by atoms with Gasteiger partial charge in [0.2, 0.25) is 10.0 Å². The molecular weight excluding hydrogens is 516 g/mol. The van der Waals surface area contributed by atoms with Crippen molar-refractivity contribution in [3.05, 3.63) is 45.8 Å². The van der Waals surface area contributed by atoms with Gasteiger partial charge in [-0.15, -0.1) is 11.3 Å². The Bertz CT molecular complexity index is 1280. The minimum atomic E-state index is -3.68. The van der Waals surface area contributed by atoms with Crippen LogP contribution in [0.3, 0.4) is 0 Å². The summed E-state index contributed by atoms with van der Waals surface area (Å²) >= 11 is 1.29. The van der Waals surface area contributed by atoms with Crippen molar-refractivity contribution in [1.29, 1.82) is 0 Å². The molecule has 12 heteroatoms. The molecule has 2 aromatic rings. The normalized spacial score (nSPS) is 16.8. The minimum Gasteiger partial charge on any atom is -0.453 e. The number of alkyl carbamates (subject to hydrolysis) is 1. The van der Waals surface area contributed by atoms with Gasteiger partial charge in [-0.05, 0) is 56.1 Å². The van der Waals surface area contributed by atoms with Crippen LogP contribution in [0.5, 0.6) is 0 Å². The third-order valence-electron chi connectivity index (χ3n) is 6.99. The molecule has 0 atom stereocenters. The molecule has 0 unspecified atom stereocenters. The number of imide groups is 1. The van der Waals surface area contributed by atoms with Gasteiger partial charge in [0.25, 0.3) is 11.8 Å². The van der Waals surface area contributed by atoms with Gasteiger partial charge in [-0.2, -0.15) is 4.31 Å². The van der Waals surface area contributed by atoms with Crippen molar-refractivity contribution in [3.8, 4) is 0 Å². The molecule has 0 saturated heterocycles. The van der Waals surface area contributed by atoms with Crippen LogP contribution in [0.15, 0.2) is 29.2 Å². The van der Waals surface area contributed by atoms with Crippen molar-refractivity contribution in [3.63, 3.8) is 0 Å². The number of hydrogen-bond donors (Lipinski definition) is 2. The van der Waals surface area contributed by atoms with E-state index < -0.39 is 27.9 Å². The minimum absolute atomic E-state index is 0.0137. The van der Waals surface area contributed by atoms with Gasteiger partial charge in [0.15, 0.2) is 0 Å². The van der Waals surface area contributed by atoms with Gasteiger partial charge < -0.3 is 15.0 Å². The first-order valence-electron chi connectivity index (χ1n) is 12.2. The number of likely N-dealkylation sites (N-methyl/N-ethyl adjacent to an activating group) is 1. The summed E-state index contributed by atoms with van der Waals surface area (Å²) in [6.45, 7) is 1.36. The van der Waals surface area contributed by atoms with Crippen LogP contribution in [0, 0.1) is 0 Å². The fraction of sp³-hybridized carbons (Fsp3) is 0.480. The number of ether oxygens (including phenoxy) is 1. The molecule has 0 radical (unpaired) electrons. The third kappa shape index (κ3) is 5.87. The molecule has 2 N–H and O–H groups in total. The lowest BCUT2D eigenvalue weighted by atomic mass is 9.96. The highest BCUT2D eigenvalue weighted by molar-refractivity contribution is 7.89. The fourth-order valence-corrected chi connectivity index (χ4v) is 7.56. The average molecular weight is 549 g/mol. The number of nitrogens with zero attached hydrogens (tertiary/aromatic N) is 2. The van der Waals surface area contributed by atoms with Gasteiger partial charge in [0.05, 0.1) is 17.6 Å². The molecule has 3 amide bonds. The number of sulfonamides is 1. The summed E-state index contributed by atoms with van der Waals surface area (Å²) in [5, 5.41) is 5.30. The Morgan fingerprint density at radius 3 is 2.41 bits per heavy atom. The number of nitrogens with one attached hydrogen (secondary N) is 2. The molecule has 0 bridgehead atoms. The van der Waals surface area contributed by atoms with Crippen LogP contribution >= 0.6 is 11.3 Å². The first-order valence-corrected chi connectivity index (χ1v) is 14.5. The van der Waals surface area contributed by atoms with E-state index in [9.17, 15) is 22.8 Å². The largest absolute Gasteiger partial charge is 0.453 e. The Labute approximate surface area is 221 Å². The summed E-state index contributed by atoms with van der Waals surface area (Å²) in [7, 11) is 1.07. The lowest BCUT2D eigenvalue weighted by Gasteiger charge is -2.30. The van der Waals surface area contributed by atoms with Gasteiger partial charge in [-0.3, -0.25) is 14.9 Å². The number of benzene rings is 1. The Balaban J connectivity index is 1.54. The van der Waals surface area contributed by atoms with Gasteiger partial charge in [0.1, 0.15) is 5.00 Å². The van der Waals surface area contributed by atoms with Crippen molar-refractivity contribution in [1.82, 2.24) is 14.5 Å². The van der Waals surface area contributed by atoms with Crippen molar-refractivity contribution in [2.75, 3.05) is 33.1 Å². The monoisotopic (exact) mass is 548 g/mol. The number of amides is 3. The predicted molar refractivity (Wildman–Crippen MR) is 140 cm³/mol. The summed E-state index contributed by atoms with van der Waals surface area (Å²) in [6, 6.07) is 5.78. The zero-order valence-corrected chi connectivity index (χ0v) is 22.8. The van der Waals surface area contributed by atoms with Crippen molar-refractivity contribution in [2.24, 2.45) is 0 Å². The van der Waals surface area contributed by atoms with Gasteiger partial charge >= 0.3 is 6.09 Å². The topological polar surface area (TPSA) is 125 Å². The number of rotatable bonds is 6. The Morgan fingerprint density at radius 2 is 1.76 bits per heavy atom. The maximum Gasteiger partial charge on any atom is 0.413 e. The summed E-state index contributed by atoms with van der Waals surface area (Å²) in [5.41, 5.74) is 1.30. The molecule has 1 aliphatic heterocycles. The van der Waals surface area contributed by atoms with Crippen LogP contribution in [-0.4, -0.2) is 69.3 Å². The molecule has 1 saturated carbocycles. The Morgan fingerprint density at radius 1 is 1.08 bits per heavy atom. The molecule has 2 aliphatic rings. The lowest BCUT2D eigenvalue weighted by Crippen LogP contribution is -2.38. The number of methoxy groups -OCH3 is 1. The van der Waals surface area contributed by atoms with E-state index in [1.54, 1.807) is 7.05 Å². The van der Waals surface area contributed by atoms with Gasteiger partial charge in [-0.25, -0.2) is 13.2 Å². The summed E-state index contributed by atoms with van der Waals surface area (Å²) in [4.78, 5) is 40.8. The second-order valence-corrected chi connectivity index (χ2v) is 12.5. The number of carbonyl (C=O) groups excluding carboxylic acids is 3. The molecule has 1 aliphatic carbocycles. The fourth-order valence-electron chi connectivity index (χ4n) is 4.83. The average Bonchev–Trinajstić information content (AvgIpc) is 3.25.